The zero-order valence-corrected chi connectivity index (χ0v) is 13.1. The molecule has 1 aliphatic heterocycles. The zero-order chi connectivity index (χ0) is 15.1. The maximum absolute atomic E-state index is 11.8. The Morgan fingerprint density at radius 2 is 2.14 bits per heavy atom. The van der Waals surface area contributed by atoms with Gasteiger partial charge < -0.3 is 9.64 Å². The van der Waals surface area contributed by atoms with Crippen LogP contribution in [0.2, 0.25) is 0 Å². The van der Waals surface area contributed by atoms with Gasteiger partial charge in [0.05, 0.1) is 31.2 Å². The molecule has 0 aromatic carbocycles. The molecule has 0 radical (unpaired) electrons. The Balaban J connectivity index is 1.94. The van der Waals surface area contributed by atoms with Crippen molar-refractivity contribution in [3.05, 3.63) is 18.0 Å². The first kappa shape index (κ1) is 16.1. The van der Waals surface area contributed by atoms with Gasteiger partial charge in [0.1, 0.15) is 0 Å². The molecule has 0 spiro atoms. The molecule has 0 unspecified atom stereocenters. The fourth-order valence-corrected chi connectivity index (χ4v) is 3.17. The number of morpholine rings is 1. The number of nitrogens with zero attached hydrogens (tertiary/aromatic N) is 3. The molecule has 0 aliphatic carbocycles. The quantitative estimate of drug-likeness (QED) is 0.790. The van der Waals surface area contributed by atoms with E-state index in [9.17, 15) is 8.42 Å². The first-order valence-electron chi connectivity index (χ1n) is 7.22. The van der Waals surface area contributed by atoms with E-state index >= 15 is 0 Å². The SMILES string of the molecule is CCCCS(=O)(=O)NCc1ccnc(N2CCOCC2)n1. The van der Waals surface area contributed by atoms with E-state index in [0.717, 1.165) is 19.5 Å². The summed E-state index contributed by atoms with van der Waals surface area (Å²) in [4.78, 5) is 10.7. The zero-order valence-electron chi connectivity index (χ0n) is 12.3. The molecule has 2 rings (SSSR count). The van der Waals surface area contributed by atoms with Gasteiger partial charge in [0.2, 0.25) is 16.0 Å². The summed E-state index contributed by atoms with van der Waals surface area (Å²) in [5.74, 6) is 0.786. The number of aromatic nitrogens is 2. The van der Waals surface area contributed by atoms with E-state index in [2.05, 4.69) is 14.7 Å². The highest BCUT2D eigenvalue weighted by molar-refractivity contribution is 7.89. The van der Waals surface area contributed by atoms with Gasteiger partial charge >= 0.3 is 0 Å². The van der Waals surface area contributed by atoms with Crippen LogP contribution in [0.15, 0.2) is 12.3 Å². The summed E-state index contributed by atoms with van der Waals surface area (Å²) in [5, 5.41) is 0. The van der Waals surface area contributed by atoms with Gasteiger partial charge in [-0.3, -0.25) is 0 Å². The van der Waals surface area contributed by atoms with Gasteiger partial charge in [-0.25, -0.2) is 23.1 Å². The van der Waals surface area contributed by atoms with E-state index in [4.69, 9.17) is 4.74 Å². The van der Waals surface area contributed by atoms with Crippen LogP contribution in [0.25, 0.3) is 0 Å². The number of anilines is 1. The highest BCUT2D eigenvalue weighted by Crippen LogP contribution is 2.10. The molecule has 21 heavy (non-hydrogen) atoms. The molecule has 7 nitrogen and oxygen atoms in total. The standard InChI is InChI=1S/C13H22N4O3S/c1-2-3-10-21(18,19)15-11-12-4-5-14-13(16-12)17-6-8-20-9-7-17/h4-5,15H,2-3,6-11H2,1H3. The molecule has 0 saturated carbocycles. The Labute approximate surface area is 125 Å². The van der Waals surface area contributed by atoms with Crippen LogP contribution in [0.3, 0.4) is 0 Å². The molecule has 1 saturated heterocycles. The molecular formula is C13H22N4O3S. The van der Waals surface area contributed by atoms with Gasteiger partial charge in [-0.05, 0) is 12.5 Å². The van der Waals surface area contributed by atoms with Crippen LogP contribution in [-0.2, 0) is 21.3 Å². The molecule has 1 N–H and O–H groups in total. The topological polar surface area (TPSA) is 84.4 Å². The second kappa shape index (κ2) is 7.67. The molecule has 1 aromatic rings. The first-order valence-corrected chi connectivity index (χ1v) is 8.88. The third kappa shape index (κ3) is 5.22. The lowest BCUT2D eigenvalue weighted by Gasteiger charge is -2.26. The Bertz CT molecular complexity index is 544. The lowest BCUT2D eigenvalue weighted by Crippen LogP contribution is -2.37. The van der Waals surface area contributed by atoms with Crippen LogP contribution in [0.4, 0.5) is 5.95 Å². The molecule has 1 fully saturated rings. The first-order chi connectivity index (χ1) is 10.1. The van der Waals surface area contributed by atoms with Crippen LogP contribution in [-0.4, -0.2) is 50.4 Å². The Morgan fingerprint density at radius 3 is 2.86 bits per heavy atom. The smallest absolute Gasteiger partial charge is 0.225 e. The van der Waals surface area contributed by atoms with E-state index < -0.39 is 10.0 Å². The minimum absolute atomic E-state index is 0.158. The van der Waals surface area contributed by atoms with Crippen molar-refractivity contribution < 1.29 is 13.2 Å². The normalized spacial score (nSPS) is 16.1. The van der Waals surface area contributed by atoms with Gasteiger partial charge in [-0.1, -0.05) is 13.3 Å². The molecule has 118 valence electrons. The highest BCUT2D eigenvalue weighted by atomic mass is 32.2. The van der Waals surface area contributed by atoms with Crippen molar-refractivity contribution in [2.45, 2.75) is 26.3 Å². The number of hydrogen-bond acceptors (Lipinski definition) is 6. The Kier molecular flexibility index (Phi) is 5.89. The van der Waals surface area contributed by atoms with E-state index in [1.54, 1.807) is 12.3 Å². The third-order valence-electron chi connectivity index (χ3n) is 3.23. The maximum atomic E-state index is 11.8. The van der Waals surface area contributed by atoms with Gasteiger partial charge in [0, 0.05) is 19.3 Å². The van der Waals surface area contributed by atoms with E-state index in [0.29, 0.717) is 31.3 Å². The summed E-state index contributed by atoms with van der Waals surface area (Å²) in [6, 6.07) is 1.73. The van der Waals surface area contributed by atoms with Crippen molar-refractivity contribution in [1.29, 1.82) is 0 Å². The van der Waals surface area contributed by atoms with E-state index in [-0.39, 0.29) is 12.3 Å². The number of hydrogen-bond donors (Lipinski definition) is 1. The molecule has 1 aliphatic rings. The summed E-state index contributed by atoms with van der Waals surface area (Å²) < 4.78 is 31.4. The minimum Gasteiger partial charge on any atom is -0.378 e. The van der Waals surface area contributed by atoms with Crippen molar-refractivity contribution in [2.75, 3.05) is 37.0 Å². The second-order valence-corrected chi connectivity index (χ2v) is 6.87. The number of sulfonamides is 1. The van der Waals surface area contributed by atoms with Gasteiger partial charge in [-0.2, -0.15) is 0 Å². The van der Waals surface area contributed by atoms with E-state index in [1.807, 2.05) is 11.8 Å². The largest absolute Gasteiger partial charge is 0.378 e. The predicted molar refractivity (Wildman–Crippen MR) is 80.6 cm³/mol. The van der Waals surface area contributed by atoms with Crippen LogP contribution >= 0.6 is 0 Å². The second-order valence-electron chi connectivity index (χ2n) is 4.94. The third-order valence-corrected chi connectivity index (χ3v) is 4.64. The summed E-state index contributed by atoms with van der Waals surface area (Å²) in [6.07, 6.45) is 3.18. The van der Waals surface area contributed by atoms with Crippen molar-refractivity contribution >= 4 is 16.0 Å². The Morgan fingerprint density at radius 1 is 1.38 bits per heavy atom. The fraction of sp³-hybridized carbons (Fsp3) is 0.692. The number of unbranched alkanes of at least 4 members (excludes halogenated alkanes) is 1. The lowest BCUT2D eigenvalue weighted by atomic mass is 10.4. The van der Waals surface area contributed by atoms with Crippen LogP contribution in [0.1, 0.15) is 25.5 Å². The minimum atomic E-state index is -3.22. The van der Waals surface area contributed by atoms with Crippen molar-refractivity contribution in [3.63, 3.8) is 0 Å². The van der Waals surface area contributed by atoms with Gasteiger partial charge in [0.25, 0.3) is 0 Å². The predicted octanol–water partition coefficient (Wildman–Crippen LogP) is 0.533. The highest BCUT2D eigenvalue weighted by Gasteiger charge is 2.15. The monoisotopic (exact) mass is 314 g/mol. The maximum Gasteiger partial charge on any atom is 0.225 e. The number of rotatable bonds is 7. The van der Waals surface area contributed by atoms with Gasteiger partial charge in [0.15, 0.2) is 0 Å². The molecular weight excluding hydrogens is 292 g/mol. The van der Waals surface area contributed by atoms with Crippen LogP contribution < -0.4 is 9.62 Å². The molecule has 0 bridgehead atoms. The van der Waals surface area contributed by atoms with Crippen molar-refractivity contribution in [2.24, 2.45) is 0 Å². The average molecular weight is 314 g/mol. The van der Waals surface area contributed by atoms with Crippen LogP contribution in [0.5, 0.6) is 0 Å². The van der Waals surface area contributed by atoms with Crippen molar-refractivity contribution in [3.8, 4) is 0 Å². The summed E-state index contributed by atoms with van der Waals surface area (Å²) in [7, 11) is -3.22. The molecule has 0 amide bonds. The molecule has 1 aromatic heterocycles. The summed E-state index contributed by atoms with van der Waals surface area (Å²) in [6.45, 7) is 5.01. The van der Waals surface area contributed by atoms with E-state index in [1.165, 1.54) is 0 Å². The summed E-state index contributed by atoms with van der Waals surface area (Å²) >= 11 is 0. The van der Waals surface area contributed by atoms with Gasteiger partial charge in [-0.15, -0.1) is 0 Å². The molecule has 8 heteroatoms. The molecule has 0 atom stereocenters. The fourth-order valence-electron chi connectivity index (χ4n) is 1.99. The Hall–Kier alpha value is -1.25. The summed E-state index contributed by atoms with van der Waals surface area (Å²) in [5.41, 5.74) is 0.673. The van der Waals surface area contributed by atoms with Crippen molar-refractivity contribution in [1.82, 2.24) is 14.7 Å². The number of ether oxygens (including phenoxy) is 1. The molecule has 2 heterocycles. The van der Waals surface area contributed by atoms with Crippen LogP contribution in [0, 0.1) is 0 Å². The number of nitrogens with one attached hydrogen (secondary N) is 1. The lowest BCUT2D eigenvalue weighted by molar-refractivity contribution is 0.122. The average Bonchev–Trinajstić information content (AvgIpc) is 2.52.